The number of sulfonamides is 1. The summed E-state index contributed by atoms with van der Waals surface area (Å²) in [6, 6.07) is 15.3. The number of anilines is 1. The predicted octanol–water partition coefficient (Wildman–Crippen LogP) is 4.82. The molecule has 0 bridgehead atoms. The van der Waals surface area contributed by atoms with Crippen molar-refractivity contribution in [2.75, 3.05) is 157 Å². The fourth-order valence-electron chi connectivity index (χ4n) is 10.2. The van der Waals surface area contributed by atoms with Crippen LogP contribution in [0.3, 0.4) is 0 Å². The van der Waals surface area contributed by atoms with Crippen molar-refractivity contribution in [3.63, 3.8) is 0 Å². The van der Waals surface area contributed by atoms with Crippen LogP contribution in [0.15, 0.2) is 99.9 Å². The molecule has 0 saturated carbocycles. The highest BCUT2D eigenvalue weighted by atomic mass is 32.2. The lowest BCUT2D eigenvalue weighted by molar-refractivity contribution is -0.158. The third kappa shape index (κ3) is 32.7. The molecular weight excluding hydrogens is 1370 g/mol. The number of rotatable bonds is 32. The molecule has 1 atom stereocenters. The van der Waals surface area contributed by atoms with Gasteiger partial charge in [-0.1, -0.05) is 37.8 Å². The van der Waals surface area contributed by atoms with Crippen molar-refractivity contribution < 1.29 is 78.8 Å². The molecule has 103 heavy (non-hydrogen) atoms. The maximum absolute atomic E-state index is 13.5. The van der Waals surface area contributed by atoms with Crippen molar-refractivity contribution in [3.05, 3.63) is 107 Å². The van der Waals surface area contributed by atoms with Crippen LogP contribution in [0, 0.1) is 0 Å². The molecule has 3 heterocycles. The first kappa shape index (κ1) is 87.5. The van der Waals surface area contributed by atoms with Crippen LogP contribution in [0.4, 0.5) is 10.7 Å². The topological polar surface area (TPSA) is 359 Å². The number of carbonyl (C=O) groups excluding carboxylic acids is 6. The summed E-state index contributed by atoms with van der Waals surface area (Å²) < 4.78 is 92.1. The van der Waals surface area contributed by atoms with Crippen LogP contribution in [-0.2, 0) is 85.8 Å². The molecule has 574 valence electrons. The number of nitrogens with zero attached hydrogens (tertiary/aromatic N) is 6. The Bertz CT molecular complexity index is 3740. The summed E-state index contributed by atoms with van der Waals surface area (Å²) >= 11 is 0. The van der Waals surface area contributed by atoms with Crippen LogP contribution in [0.1, 0.15) is 98.5 Å². The highest BCUT2D eigenvalue weighted by Gasteiger charge is 2.30. The van der Waals surface area contributed by atoms with Crippen molar-refractivity contribution in [2.24, 2.45) is 7.05 Å². The minimum Gasteiger partial charge on any atom is -0.468 e. The van der Waals surface area contributed by atoms with Crippen molar-refractivity contribution >= 4 is 72.5 Å². The first-order valence-corrected chi connectivity index (χ1v) is 37.3. The first-order chi connectivity index (χ1) is 48.0. The Morgan fingerprint density at radius 1 is 0.621 bits per heavy atom. The molecule has 3 amide bonds. The summed E-state index contributed by atoms with van der Waals surface area (Å²) in [6.45, 7) is 24.2. The molecule has 1 aliphatic heterocycles. The van der Waals surface area contributed by atoms with E-state index in [0.29, 0.717) is 139 Å². The number of hydrogen-bond acceptors (Lipinski definition) is 24. The monoisotopic (exact) mass is 1480 g/mol. The van der Waals surface area contributed by atoms with Crippen LogP contribution in [0.5, 0.6) is 0 Å². The second-order valence-electron chi connectivity index (χ2n) is 27.3. The van der Waals surface area contributed by atoms with E-state index in [0.717, 1.165) is 31.9 Å². The molecule has 32 heteroatoms. The number of ether oxygens (including phenoxy) is 7. The summed E-state index contributed by atoms with van der Waals surface area (Å²) in [4.78, 5) is 106. The number of aromatic nitrogens is 3. The number of imidazole rings is 1. The maximum Gasteiger partial charge on any atom is 0.325 e. The van der Waals surface area contributed by atoms with E-state index in [1.165, 1.54) is 42.6 Å². The van der Waals surface area contributed by atoms with Crippen molar-refractivity contribution in [1.82, 2.24) is 54.8 Å². The molecule has 0 aliphatic carbocycles. The van der Waals surface area contributed by atoms with Crippen LogP contribution in [-0.4, -0.2) is 261 Å². The van der Waals surface area contributed by atoms with Gasteiger partial charge in [-0.2, -0.15) is 4.72 Å². The average molecular weight is 1480 g/mol. The van der Waals surface area contributed by atoms with Gasteiger partial charge in [0.15, 0.2) is 15.8 Å². The third-order valence-corrected chi connectivity index (χ3v) is 17.7. The zero-order valence-electron chi connectivity index (χ0n) is 61.3. The van der Waals surface area contributed by atoms with Gasteiger partial charge < -0.3 is 68.9 Å². The van der Waals surface area contributed by atoms with E-state index in [-0.39, 0.29) is 66.4 Å². The number of amides is 3. The fraction of sp³-hybridized carbons (Fsp3) is 0.577. The molecule has 0 radical (unpaired) electrons. The SMILES string of the molecule is C.CNCCCOCCOCCOCCCNC(=O)N1CCN(CC(=O)OC(C)(C)C)CCN(CC(=O)OC(C)(C)C)CCN(CC(=O)OC(C)(C)C)CC1.COC(=O)C(CNC(=O)c1cn(C)c2cc(CNc3ncc[nH]3)ccc2c1=O)NS(=O)(=O)c1ccc(-c2ccc(S(C)(=O)=O)cc2)cc1. The number of aryl methyl sites for hydroxylation is 1. The number of esters is 4. The molecule has 0 spiro atoms. The quantitative estimate of drug-likeness (QED) is 0.0191. The Labute approximate surface area is 606 Å². The van der Waals surface area contributed by atoms with Gasteiger partial charge in [0, 0.05) is 122 Å². The number of methoxy groups -OCH3 is 1. The van der Waals surface area contributed by atoms with Gasteiger partial charge in [0.1, 0.15) is 28.4 Å². The second-order valence-corrected chi connectivity index (χ2v) is 31.0. The van der Waals surface area contributed by atoms with E-state index in [4.69, 9.17) is 33.2 Å². The number of carbonyl (C=O) groups is 6. The van der Waals surface area contributed by atoms with E-state index in [1.807, 2.05) is 90.1 Å². The number of fused-ring (bicyclic) bond motifs is 1. The van der Waals surface area contributed by atoms with Gasteiger partial charge in [-0.15, -0.1) is 0 Å². The largest absolute Gasteiger partial charge is 0.468 e. The summed E-state index contributed by atoms with van der Waals surface area (Å²) in [5.74, 6) is -2.26. The molecule has 30 nitrogen and oxygen atoms in total. The zero-order valence-corrected chi connectivity index (χ0v) is 62.9. The smallest absolute Gasteiger partial charge is 0.325 e. The van der Waals surface area contributed by atoms with Gasteiger partial charge in [-0.3, -0.25) is 43.5 Å². The Hall–Kier alpha value is -7.92. The predicted molar refractivity (Wildman–Crippen MR) is 393 cm³/mol. The highest BCUT2D eigenvalue weighted by Crippen LogP contribution is 2.24. The lowest BCUT2D eigenvalue weighted by Gasteiger charge is -2.34. The number of urea groups is 1. The van der Waals surface area contributed by atoms with Crippen molar-refractivity contribution in [2.45, 2.75) is 122 Å². The molecule has 1 saturated heterocycles. The van der Waals surface area contributed by atoms with Crippen LogP contribution in [0.2, 0.25) is 0 Å². The minimum atomic E-state index is -4.28. The van der Waals surface area contributed by atoms with Gasteiger partial charge in [0.05, 0.1) is 68.5 Å². The molecule has 2 aromatic heterocycles. The molecule has 3 aromatic carbocycles. The average Bonchev–Trinajstić information content (AvgIpc) is 0.867. The van der Waals surface area contributed by atoms with Gasteiger partial charge in [-0.25, -0.2) is 26.6 Å². The van der Waals surface area contributed by atoms with E-state index in [9.17, 15) is 50.4 Å². The number of H-pyrrole nitrogens is 1. The Morgan fingerprint density at radius 3 is 1.53 bits per heavy atom. The van der Waals surface area contributed by atoms with Crippen LogP contribution < -0.4 is 31.4 Å². The number of benzene rings is 3. The second kappa shape index (κ2) is 42.1. The van der Waals surface area contributed by atoms with Gasteiger partial charge >= 0.3 is 29.9 Å². The van der Waals surface area contributed by atoms with E-state index >= 15 is 0 Å². The highest BCUT2D eigenvalue weighted by molar-refractivity contribution is 7.90. The number of sulfone groups is 1. The maximum atomic E-state index is 13.5. The number of pyridine rings is 1. The van der Waals surface area contributed by atoms with E-state index in [1.54, 1.807) is 53.2 Å². The molecule has 5 aromatic rings. The Morgan fingerprint density at radius 2 is 1.09 bits per heavy atom. The molecule has 6 N–H and O–H groups in total. The minimum absolute atomic E-state index is 0. The number of aromatic amines is 1. The number of nitrogens with one attached hydrogen (secondary N) is 6. The summed E-state index contributed by atoms with van der Waals surface area (Å²) in [5, 5.41) is 12.0. The summed E-state index contributed by atoms with van der Waals surface area (Å²) in [7, 11) is -2.97. The van der Waals surface area contributed by atoms with Gasteiger partial charge in [0.2, 0.25) is 15.5 Å². The van der Waals surface area contributed by atoms with E-state index < -0.39 is 66.6 Å². The Kier molecular flexibility index (Phi) is 35.8. The summed E-state index contributed by atoms with van der Waals surface area (Å²) in [6.07, 6.45) is 7.37. The molecular formula is C71H110N12O18S2. The van der Waals surface area contributed by atoms with Gasteiger partial charge in [-0.05, 0) is 142 Å². The third-order valence-electron chi connectivity index (χ3n) is 15.1. The standard InChI is InChI=1S/C38H74N6O10.C32H32N6O8S2.CH4/c1-36(2,3)52-32(45)29-41-15-17-42(30-33(46)53-37(4,5)6)19-21-44(22-20-43(18-16-41)31-34(47)54-38(7,8)9)35(48)40-14-12-24-50-26-28-51-27-25-49-23-11-13-39-10;1-38-19-26(29(39)25-13-4-20(16-28(25)38)17-36-32-33-14-15-34-32)30(40)35-18-27(31(41)46-2)37-48(44,45)24-11-7-22(8-12-24)21-5-9-23(10-6-21)47(3,42)43;/h39H,11-31H2,1-10H3,(H,40,48);4-16,19,27,37H,17-18H2,1-3H3,(H,35,40)(H2,33,34,36);1H4. The first-order valence-electron chi connectivity index (χ1n) is 33.9. The molecule has 6 rings (SSSR count). The van der Waals surface area contributed by atoms with Crippen molar-refractivity contribution in [1.29, 1.82) is 0 Å². The van der Waals surface area contributed by atoms with Crippen LogP contribution in [0.25, 0.3) is 22.0 Å². The fourth-order valence-corrected chi connectivity index (χ4v) is 12.0. The van der Waals surface area contributed by atoms with E-state index in [2.05, 4.69) is 36.0 Å². The van der Waals surface area contributed by atoms with Crippen LogP contribution >= 0.6 is 0 Å². The lowest BCUT2D eigenvalue weighted by Crippen LogP contribution is -2.51. The lowest BCUT2D eigenvalue weighted by atomic mass is 10.1. The molecule has 1 fully saturated rings. The zero-order chi connectivity index (χ0) is 75.3. The normalized spacial score (nSPS) is 14.3. The van der Waals surface area contributed by atoms with Crippen molar-refractivity contribution in [3.8, 4) is 11.1 Å². The molecule has 1 unspecified atom stereocenters. The molecule has 1 aliphatic rings. The summed E-state index contributed by atoms with van der Waals surface area (Å²) in [5.41, 5.74) is 0.0972. The Balaban J connectivity index is 0.000000434. The van der Waals surface area contributed by atoms with Gasteiger partial charge in [0.25, 0.3) is 5.91 Å². The number of hydrogen-bond donors (Lipinski definition) is 6.